The smallest absolute Gasteiger partial charge is 0.251 e. The summed E-state index contributed by atoms with van der Waals surface area (Å²) in [5.41, 5.74) is 0.530. The van der Waals surface area contributed by atoms with Crippen molar-refractivity contribution in [3.8, 4) is 5.75 Å². The number of nitrogens with one attached hydrogen (secondary N) is 1. The van der Waals surface area contributed by atoms with Crippen LogP contribution in [0.4, 0.5) is 0 Å². The van der Waals surface area contributed by atoms with E-state index in [2.05, 4.69) is 12.2 Å². The van der Waals surface area contributed by atoms with E-state index in [9.17, 15) is 9.90 Å². The Morgan fingerprint density at radius 3 is 2.82 bits per heavy atom. The zero-order chi connectivity index (χ0) is 12.4. The van der Waals surface area contributed by atoms with Crippen molar-refractivity contribution in [3.63, 3.8) is 0 Å². The molecule has 0 radical (unpaired) electrons. The zero-order valence-electron chi connectivity index (χ0n) is 9.74. The summed E-state index contributed by atoms with van der Waals surface area (Å²) in [7, 11) is 0. The van der Waals surface area contributed by atoms with E-state index >= 15 is 0 Å². The van der Waals surface area contributed by atoms with Crippen LogP contribution >= 0.6 is 22.6 Å². The van der Waals surface area contributed by atoms with Gasteiger partial charge in [-0.25, -0.2) is 0 Å². The largest absolute Gasteiger partial charge is 0.507 e. The standard InChI is InChI=1S/C13H16INO2/c1-8-2-4-10(6-8)15-13(17)9-3-5-11(14)12(16)7-9/h3,5,7-8,10,16H,2,4,6H2,1H3,(H,15,17). The monoisotopic (exact) mass is 345 g/mol. The van der Waals surface area contributed by atoms with E-state index in [1.807, 2.05) is 22.6 Å². The highest BCUT2D eigenvalue weighted by Crippen LogP contribution is 2.25. The number of carbonyl (C=O) groups is 1. The van der Waals surface area contributed by atoms with Crippen molar-refractivity contribution in [2.45, 2.75) is 32.2 Å². The number of phenols is 1. The third-order valence-corrected chi connectivity index (χ3v) is 4.15. The van der Waals surface area contributed by atoms with E-state index in [0.717, 1.165) is 16.4 Å². The third kappa shape index (κ3) is 3.12. The molecule has 17 heavy (non-hydrogen) atoms. The maximum Gasteiger partial charge on any atom is 0.251 e. The van der Waals surface area contributed by atoms with Gasteiger partial charge in [0, 0.05) is 11.6 Å². The van der Waals surface area contributed by atoms with Crippen molar-refractivity contribution in [1.82, 2.24) is 5.32 Å². The molecule has 0 aliphatic heterocycles. The molecule has 2 atom stereocenters. The van der Waals surface area contributed by atoms with E-state index in [0.29, 0.717) is 17.5 Å². The van der Waals surface area contributed by atoms with Gasteiger partial charge in [-0.1, -0.05) is 6.92 Å². The van der Waals surface area contributed by atoms with Gasteiger partial charge in [-0.15, -0.1) is 0 Å². The predicted octanol–water partition coefficient (Wildman–Crippen LogP) is 2.92. The lowest BCUT2D eigenvalue weighted by atomic mass is 10.1. The second kappa shape index (κ2) is 5.25. The molecule has 1 aromatic carbocycles. The second-order valence-electron chi connectivity index (χ2n) is 4.75. The molecule has 1 amide bonds. The van der Waals surface area contributed by atoms with Gasteiger partial charge in [-0.05, 0) is 66.0 Å². The van der Waals surface area contributed by atoms with Crippen LogP contribution < -0.4 is 5.32 Å². The Balaban J connectivity index is 2.02. The number of rotatable bonds is 2. The second-order valence-corrected chi connectivity index (χ2v) is 5.92. The van der Waals surface area contributed by atoms with Crippen LogP contribution in [0.2, 0.25) is 0 Å². The first-order valence-corrected chi connectivity index (χ1v) is 6.93. The fourth-order valence-electron chi connectivity index (χ4n) is 2.26. The van der Waals surface area contributed by atoms with E-state index in [1.54, 1.807) is 12.1 Å². The minimum absolute atomic E-state index is 0.0872. The lowest BCUT2D eigenvalue weighted by Gasteiger charge is -2.12. The number of phenolic OH excluding ortho intramolecular Hbond substituents is 1. The summed E-state index contributed by atoms with van der Waals surface area (Å²) < 4.78 is 0.758. The molecule has 2 N–H and O–H groups in total. The maximum absolute atomic E-state index is 11.9. The highest BCUT2D eigenvalue weighted by molar-refractivity contribution is 14.1. The average molecular weight is 345 g/mol. The first kappa shape index (κ1) is 12.7. The van der Waals surface area contributed by atoms with Gasteiger partial charge in [0.2, 0.25) is 0 Å². The van der Waals surface area contributed by atoms with Crippen molar-refractivity contribution in [2.24, 2.45) is 5.92 Å². The summed E-state index contributed by atoms with van der Waals surface area (Å²) in [4.78, 5) is 11.9. The van der Waals surface area contributed by atoms with Crippen molar-refractivity contribution in [1.29, 1.82) is 0 Å². The van der Waals surface area contributed by atoms with Crippen molar-refractivity contribution >= 4 is 28.5 Å². The highest BCUT2D eigenvalue weighted by atomic mass is 127. The normalized spacial score (nSPS) is 23.6. The molecular weight excluding hydrogens is 329 g/mol. The van der Waals surface area contributed by atoms with Gasteiger partial charge < -0.3 is 10.4 Å². The van der Waals surface area contributed by atoms with Crippen LogP contribution in [0.3, 0.4) is 0 Å². The molecule has 2 unspecified atom stereocenters. The summed E-state index contributed by atoms with van der Waals surface area (Å²) in [6.45, 7) is 2.21. The SMILES string of the molecule is CC1CCC(NC(=O)c2ccc(I)c(O)c2)C1. The Morgan fingerprint density at radius 2 is 2.24 bits per heavy atom. The molecule has 0 spiro atoms. The molecular formula is C13H16INO2. The summed E-state index contributed by atoms with van der Waals surface area (Å²) in [5.74, 6) is 0.777. The van der Waals surface area contributed by atoms with E-state index < -0.39 is 0 Å². The van der Waals surface area contributed by atoms with Crippen molar-refractivity contribution in [3.05, 3.63) is 27.3 Å². The van der Waals surface area contributed by atoms with Crippen LogP contribution in [0.1, 0.15) is 36.5 Å². The van der Waals surface area contributed by atoms with Crippen molar-refractivity contribution < 1.29 is 9.90 Å². The van der Waals surface area contributed by atoms with Gasteiger partial charge in [0.05, 0.1) is 3.57 Å². The van der Waals surface area contributed by atoms with Crippen LogP contribution in [-0.2, 0) is 0 Å². The molecule has 1 saturated carbocycles. The van der Waals surface area contributed by atoms with Gasteiger partial charge in [0.1, 0.15) is 5.75 Å². The Labute approximate surface area is 115 Å². The van der Waals surface area contributed by atoms with Gasteiger partial charge in [0.15, 0.2) is 0 Å². The lowest BCUT2D eigenvalue weighted by Crippen LogP contribution is -2.32. The molecule has 4 heteroatoms. The number of aromatic hydroxyl groups is 1. The third-order valence-electron chi connectivity index (χ3n) is 3.24. The quantitative estimate of drug-likeness (QED) is 0.810. The topological polar surface area (TPSA) is 49.3 Å². The summed E-state index contributed by atoms with van der Waals surface area (Å²) in [6, 6.07) is 5.31. The molecule has 0 saturated heterocycles. The molecule has 1 fully saturated rings. The van der Waals surface area contributed by atoms with Gasteiger partial charge in [-0.3, -0.25) is 4.79 Å². The maximum atomic E-state index is 11.9. The van der Waals surface area contributed by atoms with Gasteiger partial charge >= 0.3 is 0 Å². The first-order valence-electron chi connectivity index (χ1n) is 5.85. The van der Waals surface area contributed by atoms with Crippen LogP contribution in [0.25, 0.3) is 0 Å². The van der Waals surface area contributed by atoms with Crippen LogP contribution in [0.5, 0.6) is 5.75 Å². The number of amides is 1. The molecule has 2 rings (SSSR count). The number of benzene rings is 1. The molecule has 0 bridgehead atoms. The molecule has 1 aromatic rings. The predicted molar refractivity (Wildman–Crippen MR) is 75.1 cm³/mol. The van der Waals surface area contributed by atoms with Gasteiger partial charge in [-0.2, -0.15) is 0 Å². The Bertz CT molecular complexity index is 433. The van der Waals surface area contributed by atoms with Crippen LogP contribution in [0.15, 0.2) is 18.2 Å². The molecule has 3 nitrogen and oxygen atoms in total. The summed E-state index contributed by atoms with van der Waals surface area (Å²) in [5, 5.41) is 12.6. The zero-order valence-corrected chi connectivity index (χ0v) is 11.9. The Morgan fingerprint density at radius 1 is 1.47 bits per heavy atom. The number of hydrogen-bond donors (Lipinski definition) is 2. The molecule has 0 heterocycles. The molecule has 0 aromatic heterocycles. The van der Waals surface area contributed by atoms with Crippen LogP contribution in [0, 0.1) is 9.49 Å². The minimum atomic E-state index is -0.0872. The van der Waals surface area contributed by atoms with E-state index in [4.69, 9.17) is 0 Å². The average Bonchev–Trinajstić information content (AvgIpc) is 2.68. The molecule has 1 aliphatic rings. The summed E-state index contributed by atoms with van der Waals surface area (Å²) in [6.07, 6.45) is 3.30. The minimum Gasteiger partial charge on any atom is -0.507 e. The van der Waals surface area contributed by atoms with Gasteiger partial charge in [0.25, 0.3) is 5.91 Å². The molecule has 1 aliphatic carbocycles. The van der Waals surface area contributed by atoms with E-state index in [1.165, 1.54) is 12.5 Å². The fraction of sp³-hybridized carbons (Fsp3) is 0.462. The Kier molecular flexibility index (Phi) is 3.91. The summed E-state index contributed by atoms with van der Waals surface area (Å²) >= 11 is 2.04. The number of hydrogen-bond acceptors (Lipinski definition) is 2. The molecule has 92 valence electrons. The number of halogens is 1. The lowest BCUT2D eigenvalue weighted by molar-refractivity contribution is 0.0937. The fourth-order valence-corrected chi connectivity index (χ4v) is 2.60. The number of carbonyl (C=O) groups excluding carboxylic acids is 1. The first-order chi connectivity index (χ1) is 8.06. The van der Waals surface area contributed by atoms with Crippen molar-refractivity contribution in [2.75, 3.05) is 0 Å². The van der Waals surface area contributed by atoms with E-state index in [-0.39, 0.29) is 11.7 Å². The van der Waals surface area contributed by atoms with Crippen LogP contribution in [-0.4, -0.2) is 17.1 Å². The highest BCUT2D eigenvalue weighted by Gasteiger charge is 2.23. The Hall–Kier alpha value is -0.780.